The molecule has 6 nitrogen and oxygen atoms in total. The summed E-state index contributed by atoms with van der Waals surface area (Å²) in [7, 11) is 3.91. The van der Waals surface area contributed by atoms with E-state index in [0.29, 0.717) is 17.6 Å². The Kier molecular flexibility index (Phi) is 6.73. The molecular formula is C17H26ClN5O. The molecule has 0 saturated heterocycles. The first-order valence-electron chi connectivity index (χ1n) is 8.15. The van der Waals surface area contributed by atoms with Crippen LogP contribution in [0.1, 0.15) is 25.4 Å². The number of nitrogens with one attached hydrogen (secondary N) is 1. The number of furan rings is 1. The van der Waals surface area contributed by atoms with Gasteiger partial charge in [-0.3, -0.25) is 4.99 Å². The zero-order valence-electron chi connectivity index (χ0n) is 14.8. The van der Waals surface area contributed by atoms with E-state index in [4.69, 9.17) is 21.0 Å². The molecule has 0 amide bonds. The highest BCUT2D eigenvalue weighted by Gasteiger charge is 2.12. The van der Waals surface area contributed by atoms with Gasteiger partial charge >= 0.3 is 0 Å². The smallest absolute Gasteiger partial charge is 0.194 e. The maximum Gasteiger partial charge on any atom is 0.194 e. The Labute approximate surface area is 148 Å². The number of imidazole rings is 1. The number of guanidine groups is 1. The van der Waals surface area contributed by atoms with Crippen molar-refractivity contribution in [2.24, 2.45) is 18.0 Å². The van der Waals surface area contributed by atoms with Gasteiger partial charge in [0.1, 0.15) is 16.7 Å². The number of rotatable bonds is 7. The summed E-state index contributed by atoms with van der Waals surface area (Å²) in [5, 5.41) is 4.04. The van der Waals surface area contributed by atoms with Crippen molar-refractivity contribution < 1.29 is 4.42 Å². The highest BCUT2D eigenvalue weighted by atomic mass is 35.5. The van der Waals surface area contributed by atoms with Gasteiger partial charge in [-0.2, -0.15) is 0 Å². The van der Waals surface area contributed by atoms with Gasteiger partial charge in [0.15, 0.2) is 5.96 Å². The second-order valence-corrected chi connectivity index (χ2v) is 6.61. The predicted octanol–water partition coefficient (Wildman–Crippen LogP) is 2.94. The lowest BCUT2D eigenvalue weighted by Gasteiger charge is -2.22. The van der Waals surface area contributed by atoms with E-state index < -0.39 is 0 Å². The third-order valence-electron chi connectivity index (χ3n) is 3.61. The van der Waals surface area contributed by atoms with Crippen molar-refractivity contribution in [1.82, 2.24) is 19.8 Å². The van der Waals surface area contributed by atoms with Crippen molar-refractivity contribution >= 4 is 17.6 Å². The Morgan fingerprint density at radius 1 is 1.50 bits per heavy atom. The van der Waals surface area contributed by atoms with E-state index in [1.54, 1.807) is 12.5 Å². The number of aliphatic imine (C=N–C) groups is 1. The largest absolute Gasteiger partial charge is 0.469 e. The van der Waals surface area contributed by atoms with Crippen molar-refractivity contribution in [3.63, 3.8) is 0 Å². The zero-order valence-corrected chi connectivity index (χ0v) is 15.5. The van der Waals surface area contributed by atoms with Crippen LogP contribution in [0.25, 0.3) is 0 Å². The topological polar surface area (TPSA) is 58.6 Å². The second kappa shape index (κ2) is 8.78. The van der Waals surface area contributed by atoms with E-state index in [1.165, 1.54) is 0 Å². The molecule has 0 fully saturated rings. The minimum Gasteiger partial charge on any atom is -0.469 e. The van der Waals surface area contributed by atoms with E-state index >= 15 is 0 Å². The monoisotopic (exact) mass is 351 g/mol. The molecule has 2 rings (SSSR count). The normalized spacial score (nSPS) is 12.0. The predicted molar refractivity (Wildman–Crippen MR) is 97.2 cm³/mol. The Hall–Kier alpha value is -1.95. The van der Waals surface area contributed by atoms with Crippen LogP contribution in [0.3, 0.4) is 0 Å². The molecule has 0 bridgehead atoms. The van der Waals surface area contributed by atoms with Crippen LogP contribution >= 0.6 is 11.6 Å². The SMILES string of the molecule is CC(C)CN=C(NCCc1ccco1)N(C)Cc1ncc(Cl)n1C. The Bertz CT molecular complexity index is 648. The molecule has 0 spiro atoms. The average Bonchev–Trinajstić information content (AvgIpc) is 3.16. The van der Waals surface area contributed by atoms with E-state index in [-0.39, 0.29) is 0 Å². The molecule has 1 N–H and O–H groups in total. The van der Waals surface area contributed by atoms with Gasteiger partial charge in [0.25, 0.3) is 0 Å². The van der Waals surface area contributed by atoms with Crippen LogP contribution < -0.4 is 5.32 Å². The van der Waals surface area contributed by atoms with Crippen LogP contribution in [0, 0.1) is 5.92 Å². The summed E-state index contributed by atoms with van der Waals surface area (Å²) in [4.78, 5) is 11.1. The third kappa shape index (κ3) is 5.30. The summed E-state index contributed by atoms with van der Waals surface area (Å²) in [6.45, 7) is 6.48. The Morgan fingerprint density at radius 2 is 2.29 bits per heavy atom. The number of hydrogen-bond acceptors (Lipinski definition) is 3. The first kappa shape index (κ1) is 18.4. The van der Waals surface area contributed by atoms with Crippen LogP contribution in [0.4, 0.5) is 0 Å². The number of aromatic nitrogens is 2. The summed E-state index contributed by atoms with van der Waals surface area (Å²) in [5.41, 5.74) is 0. The zero-order chi connectivity index (χ0) is 17.5. The second-order valence-electron chi connectivity index (χ2n) is 6.23. The van der Waals surface area contributed by atoms with Crippen molar-refractivity contribution in [2.45, 2.75) is 26.8 Å². The van der Waals surface area contributed by atoms with Crippen molar-refractivity contribution in [3.05, 3.63) is 41.3 Å². The Balaban J connectivity index is 1.98. The van der Waals surface area contributed by atoms with Crippen molar-refractivity contribution in [1.29, 1.82) is 0 Å². The van der Waals surface area contributed by atoms with E-state index in [2.05, 4.69) is 29.0 Å². The molecule has 24 heavy (non-hydrogen) atoms. The fourth-order valence-electron chi connectivity index (χ4n) is 2.19. The lowest BCUT2D eigenvalue weighted by molar-refractivity contribution is 0.447. The Morgan fingerprint density at radius 3 is 2.88 bits per heavy atom. The average molecular weight is 352 g/mol. The molecule has 0 aliphatic rings. The number of halogens is 1. The van der Waals surface area contributed by atoms with Gasteiger partial charge in [-0.15, -0.1) is 0 Å². The highest BCUT2D eigenvalue weighted by Crippen LogP contribution is 2.10. The van der Waals surface area contributed by atoms with Crippen LogP contribution in [-0.4, -0.2) is 40.5 Å². The minimum atomic E-state index is 0.503. The summed E-state index contributed by atoms with van der Waals surface area (Å²) < 4.78 is 7.24. The summed E-state index contributed by atoms with van der Waals surface area (Å²) in [6.07, 6.45) is 4.18. The summed E-state index contributed by atoms with van der Waals surface area (Å²) in [5.74, 6) is 3.22. The maximum absolute atomic E-state index is 6.06. The van der Waals surface area contributed by atoms with Gasteiger partial charge < -0.3 is 19.2 Å². The molecule has 0 aromatic carbocycles. The van der Waals surface area contributed by atoms with Crippen LogP contribution in [0.5, 0.6) is 0 Å². The third-order valence-corrected chi connectivity index (χ3v) is 3.96. The first-order valence-corrected chi connectivity index (χ1v) is 8.53. The molecule has 2 aromatic rings. The van der Waals surface area contributed by atoms with Gasteiger partial charge in [-0.1, -0.05) is 25.4 Å². The van der Waals surface area contributed by atoms with Crippen molar-refractivity contribution in [2.75, 3.05) is 20.1 Å². The summed E-state index contributed by atoms with van der Waals surface area (Å²) in [6, 6.07) is 3.88. The molecule has 132 valence electrons. The van der Waals surface area contributed by atoms with E-state index in [9.17, 15) is 0 Å². The highest BCUT2D eigenvalue weighted by molar-refractivity contribution is 6.29. The fourth-order valence-corrected chi connectivity index (χ4v) is 2.34. The standard InChI is InChI=1S/C17H26ClN5O/c1-13(2)10-21-17(19-8-7-14-6-5-9-24-14)22(3)12-16-20-11-15(18)23(16)4/h5-6,9,11,13H,7-8,10,12H2,1-4H3,(H,19,21). The maximum atomic E-state index is 6.06. The van der Waals surface area contributed by atoms with Gasteiger partial charge in [-0.05, 0) is 18.1 Å². The van der Waals surface area contributed by atoms with Crippen LogP contribution in [0.2, 0.25) is 5.15 Å². The van der Waals surface area contributed by atoms with Crippen LogP contribution in [0.15, 0.2) is 34.0 Å². The molecule has 0 aliphatic heterocycles. The molecule has 0 atom stereocenters. The minimum absolute atomic E-state index is 0.503. The molecule has 2 heterocycles. The molecular weight excluding hydrogens is 326 g/mol. The van der Waals surface area contributed by atoms with Gasteiger partial charge in [0.2, 0.25) is 0 Å². The molecule has 0 aliphatic carbocycles. The number of nitrogens with zero attached hydrogens (tertiary/aromatic N) is 4. The molecule has 0 unspecified atom stereocenters. The first-order chi connectivity index (χ1) is 11.5. The lowest BCUT2D eigenvalue weighted by atomic mass is 10.2. The van der Waals surface area contributed by atoms with Gasteiger partial charge in [0, 0.05) is 33.6 Å². The van der Waals surface area contributed by atoms with Gasteiger partial charge in [0.05, 0.1) is 19.0 Å². The molecule has 0 saturated carbocycles. The lowest BCUT2D eigenvalue weighted by Crippen LogP contribution is -2.40. The summed E-state index contributed by atoms with van der Waals surface area (Å²) >= 11 is 6.06. The van der Waals surface area contributed by atoms with E-state index in [1.807, 2.05) is 30.8 Å². The molecule has 7 heteroatoms. The van der Waals surface area contributed by atoms with E-state index in [0.717, 1.165) is 37.1 Å². The van der Waals surface area contributed by atoms with Gasteiger partial charge in [-0.25, -0.2) is 4.98 Å². The molecule has 0 radical (unpaired) electrons. The van der Waals surface area contributed by atoms with Crippen LogP contribution in [-0.2, 0) is 20.0 Å². The fraction of sp³-hybridized carbons (Fsp3) is 0.529. The molecule has 2 aromatic heterocycles. The number of hydrogen-bond donors (Lipinski definition) is 1. The van der Waals surface area contributed by atoms with Crippen molar-refractivity contribution in [3.8, 4) is 0 Å². The quantitative estimate of drug-likeness (QED) is 0.615.